The number of rotatable bonds is 7. The average Bonchev–Trinajstić information content (AvgIpc) is 2.61. The lowest BCUT2D eigenvalue weighted by Crippen LogP contribution is -2.37. The molecule has 0 unspecified atom stereocenters. The van der Waals surface area contributed by atoms with Crippen LogP contribution in [0.3, 0.4) is 0 Å². The number of aryl methyl sites for hydroxylation is 1. The van der Waals surface area contributed by atoms with Gasteiger partial charge in [0.05, 0.1) is 18.6 Å². The second-order valence-electron chi connectivity index (χ2n) is 5.62. The van der Waals surface area contributed by atoms with Gasteiger partial charge in [-0.1, -0.05) is 18.5 Å². The minimum Gasteiger partial charge on any atom is -0.496 e. The van der Waals surface area contributed by atoms with Gasteiger partial charge in [0.15, 0.2) is 0 Å². The molecule has 0 aromatic heterocycles. The number of halogens is 1. The van der Waals surface area contributed by atoms with Gasteiger partial charge in [-0.2, -0.15) is 4.31 Å². The average molecular weight is 397 g/mol. The van der Waals surface area contributed by atoms with Gasteiger partial charge in [-0.25, -0.2) is 8.42 Å². The number of methoxy groups -OCH3 is 1. The van der Waals surface area contributed by atoms with Crippen LogP contribution < -0.4 is 10.1 Å². The molecule has 0 bridgehead atoms. The van der Waals surface area contributed by atoms with Crippen molar-refractivity contribution in [1.29, 1.82) is 0 Å². The van der Waals surface area contributed by atoms with E-state index in [-0.39, 0.29) is 18.0 Å². The number of hydrogen-bond donors (Lipinski definition) is 1. The standard InChI is InChI=1S/C18H21ClN2O4S/c1-4-21(12-18(22)20-15-7-5-14(19)6-8-15)26(23,24)16-9-10-17(25-3)13(2)11-16/h5-11H,4,12H2,1-3H3,(H,20,22). The number of nitrogens with one attached hydrogen (secondary N) is 1. The molecule has 0 atom stereocenters. The Labute approximate surface area is 158 Å². The predicted octanol–water partition coefficient (Wildman–Crippen LogP) is 3.31. The van der Waals surface area contributed by atoms with Gasteiger partial charge in [0.25, 0.3) is 0 Å². The largest absolute Gasteiger partial charge is 0.496 e. The fourth-order valence-electron chi connectivity index (χ4n) is 2.42. The molecule has 0 saturated carbocycles. The maximum atomic E-state index is 12.8. The zero-order valence-corrected chi connectivity index (χ0v) is 16.4. The number of anilines is 1. The quantitative estimate of drug-likeness (QED) is 0.779. The highest BCUT2D eigenvalue weighted by Gasteiger charge is 2.25. The topological polar surface area (TPSA) is 75.7 Å². The fourth-order valence-corrected chi connectivity index (χ4v) is 4.04. The summed E-state index contributed by atoms with van der Waals surface area (Å²) in [5, 5.41) is 3.21. The van der Waals surface area contributed by atoms with Crippen molar-refractivity contribution < 1.29 is 17.9 Å². The van der Waals surface area contributed by atoms with Crippen molar-refractivity contribution in [2.75, 3.05) is 25.5 Å². The second kappa shape index (κ2) is 8.53. The number of amides is 1. The Morgan fingerprint density at radius 1 is 1.19 bits per heavy atom. The number of nitrogens with zero attached hydrogens (tertiary/aromatic N) is 1. The van der Waals surface area contributed by atoms with Gasteiger partial charge in [-0.3, -0.25) is 4.79 Å². The molecule has 0 radical (unpaired) electrons. The molecule has 0 aliphatic rings. The van der Waals surface area contributed by atoms with E-state index >= 15 is 0 Å². The molecule has 8 heteroatoms. The van der Waals surface area contributed by atoms with Crippen LogP contribution in [0.5, 0.6) is 5.75 Å². The first-order valence-electron chi connectivity index (χ1n) is 7.98. The molecule has 0 aliphatic carbocycles. The van der Waals surface area contributed by atoms with Crippen molar-refractivity contribution in [3.8, 4) is 5.75 Å². The Hall–Kier alpha value is -2.09. The Kier molecular flexibility index (Phi) is 6.63. The van der Waals surface area contributed by atoms with Crippen LogP contribution >= 0.6 is 11.6 Å². The van der Waals surface area contributed by atoms with Crippen LogP contribution in [0.1, 0.15) is 12.5 Å². The van der Waals surface area contributed by atoms with Crippen molar-refractivity contribution in [3.63, 3.8) is 0 Å². The van der Waals surface area contributed by atoms with E-state index in [0.29, 0.717) is 22.0 Å². The summed E-state index contributed by atoms with van der Waals surface area (Å²) < 4.78 is 32.0. The SMILES string of the molecule is CCN(CC(=O)Nc1ccc(Cl)cc1)S(=O)(=O)c1ccc(OC)c(C)c1. The smallest absolute Gasteiger partial charge is 0.243 e. The summed E-state index contributed by atoms with van der Waals surface area (Å²) in [5.74, 6) is 0.176. The Morgan fingerprint density at radius 2 is 1.85 bits per heavy atom. The molecule has 2 rings (SSSR count). The van der Waals surface area contributed by atoms with Gasteiger partial charge in [-0.05, 0) is 55.0 Å². The predicted molar refractivity (Wildman–Crippen MR) is 102 cm³/mol. The highest BCUT2D eigenvalue weighted by molar-refractivity contribution is 7.89. The molecule has 0 heterocycles. The van der Waals surface area contributed by atoms with Crippen LogP contribution in [0, 0.1) is 6.92 Å². The molecule has 1 N–H and O–H groups in total. The van der Waals surface area contributed by atoms with E-state index in [9.17, 15) is 13.2 Å². The third-order valence-corrected chi connectivity index (χ3v) is 5.97. The molecule has 26 heavy (non-hydrogen) atoms. The van der Waals surface area contributed by atoms with Crippen molar-refractivity contribution in [2.24, 2.45) is 0 Å². The van der Waals surface area contributed by atoms with Crippen LogP contribution in [0.15, 0.2) is 47.4 Å². The van der Waals surface area contributed by atoms with Gasteiger partial charge >= 0.3 is 0 Å². The third-order valence-electron chi connectivity index (χ3n) is 3.80. The zero-order chi connectivity index (χ0) is 19.3. The fraction of sp³-hybridized carbons (Fsp3) is 0.278. The number of benzene rings is 2. The first kappa shape index (κ1) is 20.2. The number of likely N-dealkylation sites (N-methyl/N-ethyl adjacent to an activating group) is 1. The zero-order valence-electron chi connectivity index (χ0n) is 14.8. The van der Waals surface area contributed by atoms with Gasteiger partial charge < -0.3 is 10.1 Å². The van der Waals surface area contributed by atoms with Crippen molar-refractivity contribution in [2.45, 2.75) is 18.7 Å². The van der Waals surface area contributed by atoms with Gasteiger partial charge in [-0.15, -0.1) is 0 Å². The van der Waals surface area contributed by atoms with Gasteiger partial charge in [0.2, 0.25) is 15.9 Å². The minimum atomic E-state index is -3.80. The van der Waals surface area contributed by atoms with Crippen LogP contribution in [-0.2, 0) is 14.8 Å². The van der Waals surface area contributed by atoms with Crippen LogP contribution in [0.2, 0.25) is 5.02 Å². The summed E-state index contributed by atoms with van der Waals surface area (Å²) in [5.41, 5.74) is 1.25. The normalized spacial score (nSPS) is 11.4. The maximum Gasteiger partial charge on any atom is 0.243 e. The molecule has 0 aliphatic heterocycles. The van der Waals surface area contributed by atoms with Crippen LogP contribution in [0.25, 0.3) is 0 Å². The summed E-state index contributed by atoms with van der Waals surface area (Å²) in [4.78, 5) is 12.4. The Morgan fingerprint density at radius 3 is 2.38 bits per heavy atom. The number of carbonyl (C=O) groups is 1. The summed E-state index contributed by atoms with van der Waals surface area (Å²) in [7, 11) is -2.27. The second-order valence-corrected chi connectivity index (χ2v) is 7.99. The van der Waals surface area contributed by atoms with E-state index in [2.05, 4.69) is 5.32 Å². The van der Waals surface area contributed by atoms with Crippen molar-refractivity contribution >= 4 is 33.2 Å². The number of ether oxygens (including phenoxy) is 1. The highest BCUT2D eigenvalue weighted by Crippen LogP contribution is 2.23. The van der Waals surface area contributed by atoms with Crippen LogP contribution in [0.4, 0.5) is 5.69 Å². The molecule has 1 amide bonds. The number of carbonyl (C=O) groups excluding carboxylic acids is 1. The van der Waals surface area contributed by atoms with E-state index in [4.69, 9.17) is 16.3 Å². The van der Waals surface area contributed by atoms with Crippen LogP contribution in [-0.4, -0.2) is 38.8 Å². The lowest BCUT2D eigenvalue weighted by molar-refractivity contribution is -0.116. The Balaban J connectivity index is 2.16. The van der Waals surface area contributed by atoms with Gasteiger partial charge in [0, 0.05) is 17.3 Å². The lowest BCUT2D eigenvalue weighted by Gasteiger charge is -2.20. The first-order chi connectivity index (χ1) is 12.3. The van der Waals surface area contributed by atoms with E-state index in [1.54, 1.807) is 44.2 Å². The molecule has 2 aromatic rings. The summed E-state index contributed by atoms with van der Waals surface area (Å²) >= 11 is 5.81. The summed E-state index contributed by atoms with van der Waals surface area (Å²) in [6.07, 6.45) is 0. The van der Waals surface area contributed by atoms with E-state index in [0.717, 1.165) is 4.31 Å². The molecule has 6 nitrogen and oxygen atoms in total. The highest BCUT2D eigenvalue weighted by atomic mass is 35.5. The number of sulfonamides is 1. The van der Waals surface area contributed by atoms with E-state index < -0.39 is 15.9 Å². The molecule has 140 valence electrons. The van der Waals surface area contributed by atoms with Crippen molar-refractivity contribution in [1.82, 2.24) is 4.31 Å². The first-order valence-corrected chi connectivity index (χ1v) is 9.80. The lowest BCUT2D eigenvalue weighted by atomic mass is 10.2. The Bertz CT molecular complexity index is 883. The third kappa shape index (κ3) is 4.75. The molecular formula is C18H21ClN2O4S. The maximum absolute atomic E-state index is 12.8. The minimum absolute atomic E-state index is 0.122. The molecule has 2 aromatic carbocycles. The molecule has 0 spiro atoms. The molecular weight excluding hydrogens is 376 g/mol. The number of hydrogen-bond acceptors (Lipinski definition) is 4. The summed E-state index contributed by atoms with van der Waals surface area (Å²) in [6, 6.07) is 11.2. The van der Waals surface area contributed by atoms with E-state index in [1.807, 2.05) is 0 Å². The van der Waals surface area contributed by atoms with Gasteiger partial charge in [0.1, 0.15) is 5.75 Å². The summed E-state index contributed by atoms with van der Waals surface area (Å²) in [6.45, 7) is 3.33. The molecule has 0 saturated heterocycles. The monoisotopic (exact) mass is 396 g/mol. The van der Waals surface area contributed by atoms with Crippen molar-refractivity contribution in [3.05, 3.63) is 53.1 Å². The van der Waals surface area contributed by atoms with E-state index in [1.165, 1.54) is 19.2 Å². The molecule has 0 fully saturated rings.